The van der Waals surface area contributed by atoms with E-state index >= 15 is 0 Å². The second-order valence-corrected chi connectivity index (χ2v) is 22.2. The zero-order valence-electron chi connectivity index (χ0n) is 28.9. The molecule has 2 heteroatoms. The van der Waals surface area contributed by atoms with Crippen LogP contribution in [0, 0.1) is 0 Å². The van der Waals surface area contributed by atoms with Crippen molar-refractivity contribution >= 4 is 17.2 Å². The molecule has 0 fully saturated rings. The maximum absolute atomic E-state index is 7.83. The van der Waals surface area contributed by atoms with Gasteiger partial charge in [0.05, 0.1) is 0 Å². The summed E-state index contributed by atoms with van der Waals surface area (Å²) in [6, 6.07) is 0. The van der Waals surface area contributed by atoms with Gasteiger partial charge >= 0.3 is 210 Å². The van der Waals surface area contributed by atoms with Crippen molar-refractivity contribution in [1.29, 1.82) is 0 Å². The van der Waals surface area contributed by atoms with E-state index in [1.54, 1.807) is 0 Å². The molecule has 0 heterocycles. The second kappa shape index (κ2) is 29.8. The van der Waals surface area contributed by atoms with E-state index in [2.05, 4.69) is 27.7 Å². The van der Waals surface area contributed by atoms with Crippen LogP contribution >= 0.6 is 17.2 Å². The van der Waals surface area contributed by atoms with Crippen LogP contribution in [0.3, 0.4) is 0 Å². The first-order valence-electron chi connectivity index (χ1n) is 19.3. The summed E-state index contributed by atoms with van der Waals surface area (Å²) in [5.41, 5.74) is 0. The average Bonchev–Trinajstić information content (AvgIpc) is 2.94. The maximum atomic E-state index is 7.83. The van der Waals surface area contributed by atoms with Gasteiger partial charge in [-0.1, -0.05) is 52.4 Å². The third-order valence-electron chi connectivity index (χ3n) is 9.71. The Morgan fingerprint density at radius 3 is 0.650 bits per heavy atom. The van der Waals surface area contributed by atoms with Gasteiger partial charge in [-0.2, -0.15) is 0 Å². The summed E-state index contributed by atoms with van der Waals surface area (Å²) in [7, 11) is 0. The van der Waals surface area contributed by atoms with Gasteiger partial charge in [0.1, 0.15) is 0 Å². The fourth-order valence-electron chi connectivity index (χ4n) is 7.19. The minimum absolute atomic E-state index is 1.29. The van der Waals surface area contributed by atoms with Crippen molar-refractivity contribution in [3.8, 4) is 0 Å². The molecule has 0 aromatic rings. The fourth-order valence-corrected chi connectivity index (χ4v) is 14.5. The Morgan fingerprint density at radius 2 is 0.450 bits per heavy atom. The van der Waals surface area contributed by atoms with Gasteiger partial charge in [0.15, 0.2) is 0 Å². The van der Waals surface area contributed by atoms with Gasteiger partial charge in [-0.15, -0.1) is 0 Å². The van der Waals surface area contributed by atoms with E-state index in [0.717, 1.165) is 0 Å². The minimum Gasteiger partial charge on any atom is -0.0654 e. The quantitative estimate of drug-likeness (QED) is 0.0507. The Kier molecular flexibility index (Phi) is 30.3. The smallest absolute Gasteiger partial charge is 0.0654 e. The van der Waals surface area contributed by atoms with Gasteiger partial charge in [-0.25, -0.2) is 0 Å². The van der Waals surface area contributed by atoms with E-state index in [1.165, 1.54) is 217 Å². The van der Waals surface area contributed by atoms with Crippen LogP contribution in [0.2, 0.25) is 0 Å². The molecule has 0 radical (unpaired) electrons. The monoisotopic (exact) mass is 603 g/mol. The fraction of sp³-hybridized carbons (Fsp3) is 1.00. The van der Waals surface area contributed by atoms with Crippen molar-refractivity contribution in [3.63, 3.8) is 0 Å². The standard InChI is InChI=1S/C38H80ClP/c1-5-9-11-13-15-17-19-21-23-25-27-29-31-33-37-40(39,35-7-3,36-8-4)38-34-32-30-28-26-24-22-20-18-16-14-12-10-6-2/h5-38H2,1-4H3. The number of hydrogen-bond donors (Lipinski definition) is 0. The predicted octanol–water partition coefficient (Wildman–Crippen LogP) is 15.5. The second-order valence-electron chi connectivity index (χ2n) is 13.9. The SMILES string of the molecule is CCCCCCCCCCCCCCCCP(Cl)(CCC)(CCC)CCCCCCCCCCCCCCCC. The first-order valence-corrected chi connectivity index (χ1v) is 23.1. The molecule has 0 aromatic carbocycles. The summed E-state index contributed by atoms with van der Waals surface area (Å²) in [6.45, 7) is 9.39. The third-order valence-corrected chi connectivity index (χ3v) is 17.7. The van der Waals surface area contributed by atoms with Gasteiger partial charge in [-0.3, -0.25) is 0 Å². The van der Waals surface area contributed by atoms with Gasteiger partial charge in [-0.05, 0) is 0 Å². The normalized spacial score (nSPS) is 13.1. The molecule has 0 amide bonds. The molecule has 0 aliphatic carbocycles. The van der Waals surface area contributed by atoms with Gasteiger partial charge in [0.25, 0.3) is 0 Å². The molecular weight excluding hydrogens is 523 g/mol. The van der Waals surface area contributed by atoms with Crippen LogP contribution in [-0.2, 0) is 0 Å². The first-order chi connectivity index (χ1) is 19.5. The molecule has 0 nitrogen and oxygen atoms in total. The Bertz CT molecular complexity index is 448. The molecule has 40 heavy (non-hydrogen) atoms. The van der Waals surface area contributed by atoms with Crippen LogP contribution < -0.4 is 0 Å². The van der Waals surface area contributed by atoms with E-state index in [1.807, 2.05) is 0 Å². The Hall–Kier alpha value is 0.720. The van der Waals surface area contributed by atoms with Crippen molar-refractivity contribution in [2.45, 2.75) is 220 Å². The van der Waals surface area contributed by atoms with Crippen LogP contribution in [-0.4, -0.2) is 24.6 Å². The molecule has 0 unspecified atom stereocenters. The summed E-state index contributed by atoms with van der Waals surface area (Å²) < 4.78 is 0. The van der Waals surface area contributed by atoms with Gasteiger partial charge in [0.2, 0.25) is 0 Å². The van der Waals surface area contributed by atoms with Crippen molar-refractivity contribution in [2.24, 2.45) is 0 Å². The summed E-state index contributed by atoms with van der Waals surface area (Å²) >= 11 is 7.83. The Labute approximate surface area is 261 Å². The summed E-state index contributed by atoms with van der Waals surface area (Å²) in [5, 5.41) is 0. The number of halogens is 1. The van der Waals surface area contributed by atoms with Crippen LogP contribution in [0.15, 0.2) is 0 Å². The Morgan fingerprint density at radius 1 is 0.250 bits per heavy atom. The van der Waals surface area contributed by atoms with Crippen LogP contribution in [0.5, 0.6) is 0 Å². The number of rotatable bonds is 34. The Balaban J connectivity index is 3.94. The molecule has 0 aliphatic rings. The molecule has 0 atom stereocenters. The van der Waals surface area contributed by atoms with Crippen molar-refractivity contribution in [1.82, 2.24) is 0 Å². The topological polar surface area (TPSA) is 0 Å². The van der Waals surface area contributed by atoms with Crippen LogP contribution in [0.4, 0.5) is 0 Å². The molecule has 0 N–H and O–H groups in total. The molecule has 0 saturated carbocycles. The van der Waals surface area contributed by atoms with Gasteiger partial charge in [0, 0.05) is 0 Å². The molecular formula is C38H80ClP. The molecule has 0 bridgehead atoms. The zero-order valence-corrected chi connectivity index (χ0v) is 30.5. The van der Waals surface area contributed by atoms with E-state index in [-0.39, 0.29) is 0 Å². The molecule has 0 aliphatic heterocycles. The van der Waals surface area contributed by atoms with E-state index in [0.29, 0.717) is 0 Å². The summed E-state index contributed by atoms with van der Waals surface area (Å²) in [4.78, 5) is 0. The first kappa shape index (κ1) is 40.7. The summed E-state index contributed by atoms with van der Waals surface area (Å²) in [5.74, 6) is -2.02. The van der Waals surface area contributed by atoms with Crippen molar-refractivity contribution in [2.75, 3.05) is 24.6 Å². The van der Waals surface area contributed by atoms with E-state index in [4.69, 9.17) is 11.2 Å². The zero-order chi connectivity index (χ0) is 29.5. The van der Waals surface area contributed by atoms with Crippen LogP contribution in [0.25, 0.3) is 0 Å². The summed E-state index contributed by atoms with van der Waals surface area (Å²) in [6.07, 6.45) is 48.6. The number of hydrogen-bond acceptors (Lipinski definition) is 0. The molecule has 244 valence electrons. The third kappa shape index (κ3) is 25.2. The van der Waals surface area contributed by atoms with E-state index < -0.39 is 5.96 Å². The van der Waals surface area contributed by atoms with E-state index in [9.17, 15) is 0 Å². The predicted molar refractivity (Wildman–Crippen MR) is 193 cm³/mol. The van der Waals surface area contributed by atoms with Crippen LogP contribution in [0.1, 0.15) is 220 Å². The average molecular weight is 603 g/mol. The molecule has 0 aromatic heterocycles. The molecule has 0 saturated heterocycles. The van der Waals surface area contributed by atoms with Gasteiger partial charge < -0.3 is 0 Å². The van der Waals surface area contributed by atoms with Crippen molar-refractivity contribution < 1.29 is 0 Å². The number of unbranched alkanes of at least 4 members (excludes halogenated alkanes) is 26. The minimum atomic E-state index is -2.02. The van der Waals surface area contributed by atoms with Crippen molar-refractivity contribution in [3.05, 3.63) is 0 Å². The molecule has 0 spiro atoms. The molecule has 0 rings (SSSR count).